The van der Waals surface area contributed by atoms with E-state index >= 15 is 0 Å². The molecule has 0 radical (unpaired) electrons. The van der Waals surface area contributed by atoms with E-state index in [1.54, 1.807) is 34.2 Å². The maximum Gasteiger partial charge on any atom is 0.103 e. The van der Waals surface area contributed by atoms with Crippen LogP contribution in [0.25, 0.3) is 0 Å². The molecule has 8 nitrogen and oxygen atoms in total. The summed E-state index contributed by atoms with van der Waals surface area (Å²) in [6, 6.07) is 21.2. The first kappa shape index (κ1) is 23.8. The second kappa shape index (κ2) is 11.2. The van der Waals surface area contributed by atoms with Gasteiger partial charge in [-0.2, -0.15) is 5.10 Å². The third kappa shape index (κ3) is 6.39. The molecule has 0 aliphatic heterocycles. The van der Waals surface area contributed by atoms with Crippen LogP contribution in [0, 0.1) is 0 Å². The zero-order valence-corrected chi connectivity index (χ0v) is 19.1. The van der Waals surface area contributed by atoms with Gasteiger partial charge >= 0.3 is 0 Å². The number of nitrogens with zero attached hydrogens (tertiary/aromatic N) is 4. The van der Waals surface area contributed by atoms with Gasteiger partial charge < -0.3 is 20.5 Å². The maximum atomic E-state index is 11.3. The molecule has 0 fully saturated rings. The first-order valence-electron chi connectivity index (χ1n) is 11.5. The van der Waals surface area contributed by atoms with Gasteiger partial charge in [0.25, 0.3) is 0 Å². The van der Waals surface area contributed by atoms with Crippen LogP contribution in [0.3, 0.4) is 0 Å². The van der Waals surface area contributed by atoms with Crippen molar-refractivity contribution in [3.05, 3.63) is 109 Å². The van der Waals surface area contributed by atoms with Gasteiger partial charge in [-0.05, 0) is 23.6 Å². The van der Waals surface area contributed by atoms with E-state index in [-0.39, 0.29) is 6.54 Å². The molecule has 0 saturated carbocycles. The lowest BCUT2D eigenvalue weighted by molar-refractivity contribution is 0.0160. The number of benzene rings is 2. The molecule has 178 valence electrons. The molecule has 2 aromatic carbocycles. The molecule has 5 N–H and O–H groups in total. The van der Waals surface area contributed by atoms with E-state index in [2.05, 4.69) is 15.4 Å². The minimum Gasteiger partial charge on any atom is -0.390 e. The van der Waals surface area contributed by atoms with Crippen molar-refractivity contribution >= 4 is 0 Å². The predicted molar refractivity (Wildman–Crippen MR) is 131 cm³/mol. The average Bonchev–Trinajstić information content (AvgIpc) is 3.54. The minimum atomic E-state index is -1.21. The van der Waals surface area contributed by atoms with Crippen LogP contribution in [0.15, 0.2) is 97.8 Å². The summed E-state index contributed by atoms with van der Waals surface area (Å²) < 4.78 is 3.49. The molecule has 4 rings (SSSR count). The van der Waals surface area contributed by atoms with E-state index in [0.717, 1.165) is 11.1 Å². The number of nitrogens with two attached hydrogens (primary N) is 1. The topological polar surface area (TPSA) is 114 Å². The number of aliphatic hydroxyl groups is 2. The van der Waals surface area contributed by atoms with Crippen LogP contribution in [0.1, 0.15) is 11.1 Å². The van der Waals surface area contributed by atoms with Gasteiger partial charge in [0.1, 0.15) is 6.10 Å². The van der Waals surface area contributed by atoms with Crippen LogP contribution in [0.5, 0.6) is 0 Å². The van der Waals surface area contributed by atoms with Gasteiger partial charge in [0.15, 0.2) is 0 Å². The summed E-state index contributed by atoms with van der Waals surface area (Å²) in [7, 11) is 0. The lowest BCUT2D eigenvalue weighted by Gasteiger charge is -2.40. The Morgan fingerprint density at radius 2 is 1.59 bits per heavy atom. The third-order valence-corrected chi connectivity index (χ3v) is 6.03. The molecule has 4 aromatic rings. The van der Waals surface area contributed by atoms with Crippen molar-refractivity contribution in [3.63, 3.8) is 0 Å². The molecule has 34 heavy (non-hydrogen) atoms. The number of imidazole rings is 1. The lowest BCUT2D eigenvalue weighted by atomic mass is 9.91. The monoisotopic (exact) mass is 460 g/mol. The Bertz CT molecular complexity index is 1090. The number of rotatable bonds is 12. The standard InChI is InChI=1S/C26H32N6O2/c27-26(17-22-10-5-2-6-11-22,25(34)19-31-15-13-28-20-31)30-23(16-21-8-3-1-4-9-21)24(33)18-32-14-7-12-29-32/h1-15,20,23-25,30,33-34H,16-19,27H2/t23-,24+,25?,26?/m1/s1. The molecule has 4 atom stereocenters. The molecule has 8 heteroatoms. The van der Waals surface area contributed by atoms with Crippen molar-refractivity contribution in [3.8, 4) is 0 Å². The third-order valence-electron chi connectivity index (χ3n) is 6.03. The Morgan fingerprint density at radius 1 is 0.882 bits per heavy atom. The van der Waals surface area contributed by atoms with Crippen molar-refractivity contribution < 1.29 is 10.2 Å². The van der Waals surface area contributed by atoms with Crippen LogP contribution in [0.4, 0.5) is 0 Å². The molecule has 2 heterocycles. The molecule has 0 spiro atoms. The zero-order chi connectivity index (χ0) is 23.8. The van der Waals surface area contributed by atoms with Crippen LogP contribution in [-0.4, -0.2) is 53.5 Å². The van der Waals surface area contributed by atoms with Gasteiger partial charge in [0.05, 0.1) is 31.2 Å². The van der Waals surface area contributed by atoms with E-state index < -0.39 is 23.9 Å². The first-order chi connectivity index (χ1) is 16.5. The number of aliphatic hydroxyl groups excluding tert-OH is 2. The average molecular weight is 461 g/mol. The Kier molecular flexibility index (Phi) is 7.87. The van der Waals surface area contributed by atoms with Crippen LogP contribution < -0.4 is 11.1 Å². The molecular formula is C26H32N6O2. The molecular weight excluding hydrogens is 428 g/mol. The highest BCUT2D eigenvalue weighted by Gasteiger charge is 2.38. The predicted octanol–water partition coefficient (Wildman–Crippen LogP) is 1.60. The lowest BCUT2D eigenvalue weighted by Crippen LogP contribution is -2.68. The highest BCUT2D eigenvalue weighted by Crippen LogP contribution is 2.19. The van der Waals surface area contributed by atoms with Crippen LogP contribution in [0.2, 0.25) is 0 Å². The van der Waals surface area contributed by atoms with Crippen molar-refractivity contribution in [2.45, 2.75) is 49.8 Å². The zero-order valence-electron chi connectivity index (χ0n) is 19.1. The summed E-state index contributed by atoms with van der Waals surface area (Å²) in [4.78, 5) is 4.07. The molecule has 0 aliphatic carbocycles. The highest BCUT2D eigenvalue weighted by molar-refractivity contribution is 5.20. The molecule has 2 unspecified atom stereocenters. The number of hydrogen-bond acceptors (Lipinski definition) is 6. The van der Waals surface area contributed by atoms with Crippen molar-refractivity contribution in [1.29, 1.82) is 0 Å². The van der Waals surface area contributed by atoms with Crippen LogP contribution >= 0.6 is 0 Å². The van der Waals surface area contributed by atoms with E-state index in [9.17, 15) is 10.2 Å². The highest BCUT2D eigenvalue weighted by atomic mass is 16.3. The Hall–Kier alpha value is -3.30. The SMILES string of the molecule is NC(Cc1ccccc1)(N[C@H](Cc1ccccc1)[C@@H](O)Cn1cccn1)C(O)Cn1ccnc1. The van der Waals surface area contributed by atoms with Crippen molar-refractivity contribution in [1.82, 2.24) is 24.6 Å². The second-order valence-electron chi connectivity index (χ2n) is 8.71. The van der Waals surface area contributed by atoms with Crippen molar-refractivity contribution in [2.75, 3.05) is 0 Å². The summed E-state index contributed by atoms with van der Waals surface area (Å²) in [6.45, 7) is 0.570. The normalized spacial score (nSPS) is 16.0. The van der Waals surface area contributed by atoms with Gasteiger partial charge in [-0.3, -0.25) is 10.00 Å². The van der Waals surface area contributed by atoms with Gasteiger partial charge in [-0.1, -0.05) is 60.7 Å². The largest absolute Gasteiger partial charge is 0.390 e. The van der Waals surface area contributed by atoms with Gasteiger partial charge in [0, 0.05) is 37.3 Å². The fraction of sp³-hybridized carbons (Fsp3) is 0.308. The molecule has 2 aromatic heterocycles. The van der Waals surface area contributed by atoms with E-state index in [1.807, 2.05) is 72.9 Å². The summed E-state index contributed by atoms with van der Waals surface area (Å²) in [5.74, 6) is 0. The van der Waals surface area contributed by atoms with Crippen molar-refractivity contribution in [2.24, 2.45) is 5.73 Å². The van der Waals surface area contributed by atoms with Gasteiger partial charge in [0.2, 0.25) is 0 Å². The molecule has 0 amide bonds. The van der Waals surface area contributed by atoms with E-state index in [4.69, 9.17) is 5.73 Å². The van der Waals surface area contributed by atoms with Crippen LogP contribution in [-0.2, 0) is 25.9 Å². The van der Waals surface area contributed by atoms with Gasteiger partial charge in [-0.25, -0.2) is 4.98 Å². The Morgan fingerprint density at radius 3 is 2.21 bits per heavy atom. The van der Waals surface area contributed by atoms with Gasteiger partial charge in [-0.15, -0.1) is 0 Å². The Labute approximate surface area is 199 Å². The molecule has 0 aliphatic rings. The molecule has 0 bridgehead atoms. The molecule has 0 saturated heterocycles. The first-order valence-corrected chi connectivity index (χ1v) is 11.5. The van der Waals surface area contributed by atoms with E-state index in [0.29, 0.717) is 19.4 Å². The smallest absolute Gasteiger partial charge is 0.103 e. The Balaban J connectivity index is 1.61. The second-order valence-corrected chi connectivity index (χ2v) is 8.71. The number of nitrogens with one attached hydrogen (secondary N) is 1. The summed E-state index contributed by atoms with van der Waals surface area (Å²) in [5, 5.41) is 30.2. The maximum absolute atomic E-state index is 11.3. The summed E-state index contributed by atoms with van der Waals surface area (Å²) >= 11 is 0. The number of aromatic nitrogens is 4. The fourth-order valence-corrected chi connectivity index (χ4v) is 4.18. The fourth-order valence-electron chi connectivity index (χ4n) is 4.18. The summed E-state index contributed by atoms with van der Waals surface area (Å²) in [6.07, 6.45) is 7.79. The minimum absolute atomic E-state index is 0.268. The number of hydrogen-bond donors (Lipinski definition) is 4. The van der Waals surface area contributed by atoms with E-state index in [1.165, 1.54) is 0 Å². The quantitative estimate of drug-likeness (QED) is 0.239. The summed E-state index contributed by atoms with van der Waals surface area (Å²) in [5.41, 5.74) is 7.76.